The van der Waals surface area contributed by atoms with E-state index < -0.39 is 5.91 Å². The van der Waals surface area contributed by atoms with Gasteiger partial charge >= 0.3 is 0 Å². The largest absolute Gasteiger partial charge is 0.484 e. The Kier molecular flexibility index (Phi) is 7.56. The molecule has 1 aromatic carbocycles. The fourth-order valence-electron chi connectivity index (χ4n) is 1.40. The molecule has 0 bridgehead atoms. The molecule has 0 spiro atoms. The SMILES string of the molecule is CCOCCC(=O)NNC(=O)COc1ccc(Cl)c(C)c1. The van der Waals surface area contributed by atoms with E-state index in [-0.39, 0.29) is 18.9 Å². The van der Waals surface area contributed by atoms with Crippen LogP contribution in [0.5, 0.6) is 5.75 Å². The molecule has 0 radical (unpaired) electrons. The van der Waals surface area contributed by atoms with Crippen molar-refractivity contribution in [3.63, 3.8) is 0 Å². The quantitative estimate of drug-likeness (QED) is 0.592. The molecule has 0 aliphatic carbocycles. The topological polar surface area (TPSA) is 76.7 Å². The second-order valence-electron chi connectivity index (χ2n) is 4.24. The lowest BCUT2D eigenvalue weighted by Crippen LogP contribution is -2.44. The fourth-order valence-corrected chi connectivity index (χ4v) is 1.52. The molecule has 0 heterocycles. The van der Waals surface area contributed by atoms with E-state index in [0.717, 1.165) is 5.56 Å². The van der Waals surface area contributed by atoms with Gasteiger partial charge < -0.3 is 9.47 Å². The van der Waals surface area contributed by atoms with Crippen LogP contribution >= 0.6 is 11.6 Å². The minimum atomic E-state index is -0.452. The summed E-state index contributed by atoms with van der Waals surface area (Å²) >= 11 is 5.89. The number of carbonyl (C=O) groups is 2. The smallest absolute Gasteiger partial charge is 0.276 e. The van der Waals surface area contributed by atoms with E-state index in [1.807, 2.05) is 13.8 Å². The molecular weight excluding hydrogens is 296 g/mol. The molecule has 0 aromatic heterocycles. The van der Waals surface area contributed by atoms with Gasteiger partial charge in [-0.3, -0.25) is 20.4 Å². The molecule has 0 aliphatic heterocycles. The van der Waals surface area contributed by atoms with Crippen LogP contribution in [0.25, 0.3) is 0 Å². The number of carbonyl (C=O) groups excluding carboxylic acids is 2. The third-order valence-corrected chi connectivity index (χ3v) is 2.94. The fraction of sp³-hybridized carbons (Fsp3) is 0.429. The van der Waals surface area contributed by atoms with E-state index in [0.29, 0.717) is 24.0 Å². The Morgan fingerprint density at radius 3 is 2.62 bits per heavy atom. The van der Waals surface area contributed by atoms with Gasteiger partial charge in [0.2, 0.25) is 5.91 Å². The van der Waals surface area contributed by atoms with Crippen molar-refractivity contribution in [3.05, 3.63) is 28.8 Å². The standard InChI is InChI=1S/C14H19ClN2O4/c1-3-20-7-6-13(18)16-17-14(19)9-21-11-4-5-12(15)10(2)8-11/h4-5,8H,3,6-7,9H2,1-2H3,(H,16,18)(H,17,19). The van der Waals surface area contributed by atoms with Crippen molar-refractivity contribution in [2.24, 2.45) is 0 Å². The highest BCUT2D eigenvalue weighted by atomic mass is 35.5. The molecule has 6 nitrogen and oxygen atoms in total. The van der Waals surface area contributed by atoms with Crippen molar-refractivity contribution in [2.45, 2.75) is 20.3 Å². The van der Waals surface area contributed by atoms with Crippen molar-refractivity contribution in [2.75, 3.05) is 19.8 Å². The predicted molar refractivity (Wildman–Crippen MR) is 79.1 cm³/mol. The van der Waals surface area contributed by atoms with E-state index >= 15 is 0 Å². The zero-order valence-corrected chi connectivity index (χ0v) is 12.8. The predicted octanol–water partition coefficient (Wildman–Crippen LogP) is 1.60. The van der Waals surface area contributed by atoms with E-state index in [1.165, 1.54) is 0 Å². The molecule has 2 amide bonds. The van der Waals surface area contributed by atoms with Gasteiger partial charge in [0.1, 0.15) is 5.75 Å². The number of aryl methyl sites for hydroxylation is 1. The first-order valence-electron chi connectivity index (χ1n) is 6.57. The van der Waals surface area contributed by atoms with E-state index in [1.54, 1.807) is 18.2 Å². The normalized spacial score (nSPS) is 10.0. The number of hydrogen-bond acceptors (Lipinski definition) is 4. The number of benzene rings is 1. The maximum atomic E-state index is 11.5. The van der Waals surface area contributed by atoms with Crippen molar-refractivity contribution in [3.8, 4) is 5.75 Å². The lowest BCUT2D eigenvalue weighted by molar-refractivity contribution is -0.130. The van der Waals surface area contributed by atoms with Crippen LogP contribution in [-0.2, 0) is 14.3 Å². The lowest BCUT2D eigenvalue weighted by atomic mass is 10.2. The van der Waals surface area contributed by atoms with Crippen LogP contribution in [0.3, 0.4) is 0 Å². The Morgan fingerprint density at radius 2 is 1.95 bits per heavy atom. The van der Waals surface area contributed by atoms with Crippen LogP contribution in [0.2, 0.25) is 5.02 Å². The minimum Gasteiger partial charge on any atom is -0.484 e. The average molecular weight is 315 g/mol. The first kappa shape index (κ1) is 17.3. The summed E-state index contributed by atoms with van der Waals surface area (Å²) in [5.74, 6) is -0.235. The molecule has 0 atom stereocenters. The molecule has 2 N–H and O–H groups in total. The molecule has 7 heteroatoms. The lowest BCUT2D eigenvalue weighted by Gasteiger charge is -2.09. The molecule has 0 saturated heterocycles. The molecule has 0 saturated carbocycles. The van der Waals surface area contributed by atoms with Crippen molar-refractivity contribution in [1.29, 1.82) is 0 Å². The van der Waals surface area contributed by atoms with Crippen molar-refractivity contribution < 1.29 is 19.1 Å². The minimum absolute atomic E-state index is 0.186. The summed E-state index contributed by atoms with van der Waals surface area (Å²) in [6.45, 7) is 4.35. The third kappa shape index (κ3) is 6.97. The van der Waals surface area contributed by atoms with Gasteiger partial charge in [-0.25, -0.2) is 0 Å². The second kappa shape index (κ2) is 9.20. The summed E-state index contributed by atoms with van der Waals surface area (Å²) in [5.41, 5.74) is 5.40. The van der Waals surface area contributed by atoms with Gasteiger partial charge in [-0.1, -0.05) is 11.6 Å². The van der Waals surface area contributed by atoms with Gasteiger partial charge in [-0.2, -0.15) is 0 Å². The molecule has 0 aliphatic rings. The van der Waals surface area contributed by atoms with Crippen LogP contribution < -0.4 is 15.6 Å². The van der Waals surface area contributed by atoms with Crippen LogP contribution in [0, 0.1) is 6.92 Å². The number of hydrazine groups is 1. The van der Waals surface area contributed by atoms with Crippen LogP contribution in [-0.4, -0.2) is 31.6 Å². The van der Waals surface area contributed by atoms with Crippen molar-refractivity contribution in [1.82, 2.24) is 10.9 Å². The van der Waals surface area contributed by atoms with Gasteiger partial charge in [-0.05, 0) is 37.6 Å². The Hall–Kier alpha value is -1.79. The Balaban J connectivity index is 2.24. The Morgan fingerprint density at radius 1 is 1.24 bits per heavy atom. The monoisotopic (exact) mass is 314 g/mol. The maximum absolute atomic E-state index is 11.5. The highest BCUT2D eigenvalue weighted by Gasteiger charge is 2.06. The summed E-state index contributed by atoms with van der Waals surface area (Å²) in [6, 6.07) is 5.10. The average Bonchev–Trinajstić information content (AvgIpc) is 2.46. The van der Waals surface area contributed by atoms with E-state index in [2.05, 4.69) is 10.9 Å². The highest BCUT2D eigenvalue weighted by molar-refractivity contribution is 6.31. The molecule has 1 aromatic rings. The number of hydrogen-bond donors (Lipinski definition) is 2. The summed E-state index contributed by atoms with van der Waals surface area (Å²) in [6.07, 6.45) is 0.186. The van der Waals surface area contributed by atoms with Crippen LogP contribution in [0.4, 0.5) is 0 Å². The molecule has 21 heavy (non-hydrogen) atoms. The van der Waals surface area contributed by atoms with Gasteiger partial charge in [0.15, 0.2) is 6.61 Å². The number of nitrogens with one attached hydrogen (secondary N) is 2. The third-order valence-electron chi connectivity index (χ3n) is 2.52. The number of amides is 2. The van der Waals surface area contributed by atoms with E-state index in [9.17, 15) is 9.59 Å². The highest BCUT2D eigenvalue weighted by Crippen LogP contribution is 2.20. The maximum Gasteiger partial charge on any atom is 0.276 e. The first-order chi connectivity index (χ1) is 10.0. The number of ether oxygens (including phenoxy) is 2. The first-order valence-corrected chi connectivity index (χ1v) is 6.95. The van der Waals surface area contributed by atoms with E-state index in [4.69, 9.17) is 21.1 Å². The summed E-state index contributed by atoms with van der Waals surface area (Å²) in [5, 5.41) is 0.633. The second-order valence-corrected chi connectivity index (χ2v) is 4.65. The number of halogens is 1. The molecule has 116 valence electrons. The van der Waals surface area contributed by atoms with Gasteiger partial charge in [0.05, 0.1) is 13.0 Å². The number of rotatable bonds is 7. The molecule has 0 fully saturated rings. The van der Waals surface area contributed by atoms with Crippen LogP contribution in [0.15, 0.2) is 18.2 Å². The zero-order chi connectivity index (χ0) is 15.7. The molecular formula is C14H19ClN2O4. The van der Waals surface area contributed by atoms with Gasteiger partial charge in [0, 0.05) is 11.6 Å². The zero-order valence-electron chi connectivity index (χ0n) is 12.1. The van der Waals surface area contributed by atoms with Crippen LogP contribution in [0.1, 0.15) is 18.9 Å². The molecule has 1 rings (SSSR count). The summed E-state index contributed by atoms with van der Waals surface area (Å²) in [4.78, 5) is 22.8. The van der Waals surface area contributed by atoms with Gasteiger partial charge in [0.25, 0.3) is 5.91 Å². The summed E-state index contributed by atoms with van der Waals surface area (Å²) < 4.78 is 10.3. The Labute approximate surface area is 128 Å². The van der Waals surface area contributed by atoms with Crippen molar-refractivity contribution >= 4 is 23.4 Å². The Bertz CT molecular complexity index is 494. The molecule has 0 unspecified atom stereocenters. The van der Waals surface area contributed by atoms with Gasteiger partial charge in [-0.15, -0.1) is 0 Å². The summed E-state index contributed by atoms with van der Waals surface area (Å²) in [7, 11) is 0.